The smallest absolute Gasteiger partial charge is 0.0750 e. The summed E-state index contributed by atoms with van der Waals surface area (Å²) in [6.07, 6.45) is 12.4. The van der Waals surface area contributed by atoms with Crippen LogP contribution in [0, 0.1) is 5.92 Å². The van der Waals surface area contributed by atoms with E-state index in [9.17, 15) is 5.11 Å². The van der Waals surface area contributed by atoms with E-state index in [1.807, 2.05) is 0 Å². The van der Waals surface area contributed by atoms with E-state index < -0.39 is 0 Å². The van der Waals surface area contributed by atoms with Crippen LogP contribution in [-0.4, -0.2) is 11.2 Å². The van der Waals surface area contributed by atoms with Gasteiger partial charge in [-0.25, -0.2) is 0 Å². The van der Waals surface area contributed by atoms with Crippen molar-refractivity contribution in [1.29, 1.82) is 0 Å². The van der Waals surface area contributed by atoms with E-state index in [-0.39, 0.29) is 6.10 Å². The van der Waals surface area contributed by atoms with Gasteiger partial charge in [-0.1, -0.05) is 55.4 Å². The van der Waals surface area contributed by atoms with Gasteiger partial charge in [0.25, 0.3) is 0 Å². The van der Waals surface area contributed by atoms with Crippen LogP contribution in [0.1, 0.15) is 66.2 Å². The minimum Gasteiger partial charge on any atom is -0.389 e. The van der Waals surface area contributed by atoms with Crippen LogP contribution >= 0.6 is 0 Å². The summed E-state index contributed by atoms with van der Waals surface area (Å²) in [5, 5.41) is 10.2. The van der Waals surface area contributed by atoms with Crippen molar-refractivity contribution in [2.45, 2.75) is 72.3 Å². The molecule has 1 N–H and O–H groups in total. The third-order valence-electron chi connectivity index (χ3n) is 4.37. The van der Waals surface area contributed by atoms with E-state index in [1.54, 1.807) is 0 Å². The van der Waals surface area contributed by atoms with Gasteiger partial charge in [0.05, 0.1) is 6.10 Å². The molecule has 0 spiro atoms. The van der Waals surface area contributed by atoms with Gasteiger partial charge < -0.3 is 5.11 Å². The Balaban J connectivity index is 2.90. The largest absolute Gasteiger partial charge is 0.389 e. The summed E-state index contributed by atoms with van der Waals surface area (Å²) in [5.41, 5.74) is 5.25. The molecule has 0 amide bonds. The van der Waals surface area contributed by atoms with E-state index in [1.165, 1.54) is 16.7 Å². The first-order valence-corrected chi connectivity index (χ1v) is 8.27. The number of hydrogen-bond acceptors (Lipinski definition) is 1. The van der Waals surface area contributed by atoms with E-state index >= 15 is 0 Å². The maximum absolute atomic E-state index is 10.2. The normalized spacial score (nSPS) is 23.2. The summed E-state index contributed by atoms with van der Waals surface area (Å²) in [6.45, 7) is 12.9. The molecule has 0 aromatic rings. The lowest BCUT2D eigenvalue weighted by Crippen LogP contribution is -2.10. The number of allylic oxidation sites excluding steroid dienone is 6. The van der Waals surface area contributed by atoms with Crippen molar-refractivity contribution < 1.29 is 5.11 Å². The Kier molecular flexibility index (Phi) is 7.74. The molecule has 0 fully saturated rings. The molecule has 0 aliphatic heterocycles. The lowest BCUT2D eigenvalue weighted by atomic mass is 9.92. The quantitative estimate of drug-likeness (QED) is 0.611. The van der Waals surface area contributed by atoms with Crippen LogP contribution in [0.25, 0.3) is 0 Å². The van der Waals surface area contributed by atoms with Crippen molar-refractivity contribution in [2.75, 3.05) is 0 Å². The van der Waals surface area contributed by atoms with Gasteiger partial charge in [0.1, 0.15) is 0 Å². The highest BCUT2D eigenvalue weighted by atomic mass is 16.3. The molecule has 0 heterocycles. The van der Waals surface area contributed by atoms with Crippen molar-refractivity contribution in [1.82, 2.24) is 0 Å². The molecular formula is C20H32O. The molecule has 1 aliphatic carbocycles. The summed E-state index contributed by atoms with van der Waals surface area (Å²) < 4.78 is 0. The monoisotopic (exact) mass is 288 g/mol. The first-order chi connectivity index (χ1) is 9.90. The summed E-state index contributed by atoms with van der Waals surface area (Å²) in [5.74, 6) is 0.550. The van der Waals surface area contributed by atoms with Gasteiger partial charge in [-0.3, -0.25) is 0 Å². The summed E-state index contributed by atoms with van der Waals surface area (Å²) in [6, 6.07) is 0. The number of aliphatic hydroxyl groups is 1. The standard InChI is InChI=1S/C20H32O/c1-15(2)19-12-9-16(3)7-6-8-17(4)10-14-20(21)18(5)11-13-19/h8-9,12,15,20-21H,5-7,10-11,13-14H2,1-4H3. The van der Waals surface area contributed by atoms with Gasteiger partial charge in [0.15, 0.2) is 0 Å². The molecule has 1 rings (SSSR count). The van der Waals surface area contributed by atoms with Crippen LogP contribution in [0.3, 0.4) is 0 Å². The Morgan fingerprint density at radius 3 is 2.43 bits per heavy atom. The lowest BCUT2D eigenvalue weighted by molar-refractivity contribution is 0.197. The second-order valence-corrected chi connectivity index (χ2v) is 6.71. The molecule has 0 bridgehead atoms. The molecule has 0 saturated heterocycles. The fourth-order valence-electron chi connectivity index (χ4n) is 2.59. The molecular weight excluding hydrogens is 256 g/mol. The van der Waals surface area contributed by atoms with Crippen molar-refractivity contribution >= 4 is 0 Å². The molecule has 1 heteroatoms. The second-order valence-electron chi connectivity index (χ2n) is 6.71. The van der Waals surface area contributed by atoms with Gasteiger partial charge in [-0.2, -0.15) is 0 Å². The lowest BCUT2D eigenvalue weighted by Gasteiger charge is -2.17. The highest BCUT2D eigenvalue weighted by Crippen LogP contribution is 2.23. The molecule has 118 valence electrons. The van der Waals surface area contributed by atoms with E-state index in [0.29, 0.717) is 5.92 Å². The van der Waals surface area contributed by atoms with Crippen LogP contribution in [0.5, 0.6) is 0 Å². The zero-order valence-electron chi connectivity index (χ0n) is 14.3. The molecule has 1 atom stereocenters. The van der Waals surface area contributed by atoms with Crippen LogP contribution in [0.2, 0.25) is 0 Å². The minimum absolute atomic E-state index is 0.359. The second kappa shape index (κ2) is 9.04. The van der Waals surface area contributed by atoms with E-state index in [4.69, 9.17) is 0 Å². The van der Waals surface area contributed by atoms with Crippen LogP contribution in [-0.2, 0) is 0 Å². The number of hydrogen-bond donors (Lipinski definition) is 1. The summed E-state index contributed by atoms with van der Waals surface area (Å²) >= 11 is 0. The van der Waals surface area contributed by atoms with Gasteiger partial charge in [-0.05, 0) is 63.9 Å². The molecule has 0 aromatic heterocycles. The fourth-order valence-corrected chi connectivity index (χ4v) is 2.59. The van der Waals surface area contributed by atoms with Gasteiger partial charge in [-0.15, -0.1) is 0 Å². The molecule has 21 heavy (non-hydrogen) atoms. The highest BCUT2D eigenvalue weighted by Gasteiger charge is 2.11. The Labute approximate surface area is 131 Å². The van der Waals surface area contributed by atoms with Crippen LogP contribution in [0.4, 0.5) is 0 Å². The summed E-state index contributed by atoms with van der Waals surface area (Å²) in [4.78, 5) is 0. The number of aliphatic hydroxyl groups excluding tert-OH is 1. The zero-order valence-corrected chi connectivity index (χ0v) is 14.3. The molecule has 0 saturated carbocycles. The van der Waals surface area contributed by atoms with Gasteiger partial charge >= 0.3 is 0 Å². The molecule has 0 aromatic carbocycles. The molecule has 1 unspecified atom stereocenters. The van der Waals surface area contributed by atoms with Gasteiger partial charge in [0, 0.05) is 0 Å². The Morgan fingerprint density at radius 1 is 1.05 bits per heavy atom. The highest BCUT2D eigenvalue weighted by molar-refractivity contribution is 5.20. The van der Waals surface area contributed by atoms with Crippen LogP contribution in [0.15, 0.2) is 47.1 Å². The van der Waals surface area contributed by atoms with Crippen molar-refractivity contribution in [2.24, 2.45) is 5.92 Å². The van der Waals surface area contributed by atoms with Gasteiger partial charge in [0.2, 0.25) is 0 Å². The Morgan fingerprint density at radius 2 is 1.76 bits per heavy atom. The van der Waals surface area contributed by atoms with Crippen molar-refractivity contribution in [3.05, 3.63) is 47.1 Å². The fraction of sp³-hybridized carbons (Fsp3) is 0.600. The van der Waals surface area contributed by atoms with Crippen LogP contribution < -0.4 is 0 Å². The SMILES string of the molecule is C=C1CCC(C(C)C)=CC=C(C)CCC=C(C)CCC1O. The number of rotatable bonds is 1. The van der Waals surface area contributed by atoms with Crippen molar-refractivity contribution in [3.8, 4) is 0 Å². The minimum atomic E-state index is -0.359. The first kappa shape index (κ1) is 18.0. The summed E-state index contributed by atoms with van der Waals surface area (Å²) in [7, 11) is 0. The predicted octanol–water partition coefficient (Wildman–Crippen LogP) is 5.73. The third-order valence-corrected chi connectivity index (χ3v) is 4.37. The Bertz CT molecular complexity index is 435. The topological polar surface area (TPSA) is 20.2 Å². The Hall–Kier alpha value is -1.08. The third kappa shape index (κ3) is 6.95. The predicted molar refractivity (Wildman–Crippen MR) is 93.3 cm³/mol. The van der Waals surface area contributed by atoms with E-state index in [2.05, 4.69) is 52.5 Å². The molecule has 1 nitrogen and oxygen atoms in total. The molecule has 1 aliphatic rings. The maximum Gasteiger partial charge on any atom is 0.0750 e. The molecule has 0 radical (unpaired) electrons. The zero-order chi connectivity index (χ0) is 15.8. The maximum atomic E-state index is 10.2. The van der Waals surface area contributed by atoms with Crippen molar-refractivity contribution in [3.63, 3.8) is 0 Å². The first-order valence-electron chi connectivity index (χ1n) is 8.27. The van der Waals surface area contributed by atoms with E-state index in [0.717, 1.165) is 44.1 Å². The average Bonchev–Trinajstić information content (AvgIpc) is 2.43. The average molecular weight is 288 g/mol.